The van der Waals surface area contributed by atoms with E-state index in [0.717, 1.165) is 43.9 Å². The van der Waals surface area contributed by atoms with E-state index in [2.05, 4.69) is 21.4 Å². The van der Waals surface area contributed by atoms with E-state index in [9.17, 15) is 13.2 Å². The fourth-order valence-corrected chi connectivity index (χ4v) is 5.35. The van der Waals surface area contributed by atoms with Crippen LogP contribution in [0, 0.1) is 0 Å². The topological polar surface area (TPSA) is 47.0 Å². The van der Waals surface area contributed by atoms with Gasteiger partial charge >= 0.3 is 6.18 Å². The third-order valence-corrected chi connectivity index (χ3v) is 6.98. The van der Waals surface area contributed by atoms with Gasteiger partial charge < -0.3 is 10.1 Å². The largest absolute Gasteiger partial charge is 0.419 e. The molecule has 1 atom stereocenters. The lowest BCUT2D eigenvalue weighted by Crippen LogP contribution is -2.47. The number of halogens is 4. The molecule has 31 heavy (non-hydrogen) atoms. The van der Waals surface area contributed by atoms with Gasteiger partial charge in [-0.15, -0.1) is 0 Å². The summed E-state index contributed by atoms with van der Waals surface area (Å²) in [5.41, 5.74) is 0.497. The number of rotatable bonds is 6. The molecule has 4 nitrogen and oxygen atoms in total. The summed E-state index contributed by atoms with van der Waals surface area (Å²) < 4.78 is 45.5. The highest BCUT2D eigenvalue weighted by atomic mass is 35.5. The van der Waals surface area contributed by atoms with Gasteiger partial charge in [0.1, 0.15) is 5.15 Å². The first-order valence-electron chi connectivity index (χ1n) is 10.8. The standard InChI is InChI=1S/C23H27ClF3N3O/c24-20-18(23(25,26)27)13-17(15-30-20)14-28-11-8-21(19-5-1-4-10-29-19)9-12-31-22(16-21)6-2-3-7-22/h1,4-5,10,13,15,28H,2-3,6-9,11-12,14,16H2/t21-/m1/s1. The maximum absolute atomic E-state index is 13.1. The van der Waals surface area contributed by atoms with Crippen molar-refractivity contribution in [1.82, 2.24) is 15.3 Å². The summed E-state index contributed by atoms with van der Waals surface area (Å²) in [5.74, 6) is 0. The van der Waals surface area contributed by atoms with Gasteiger partial charge in [0.05, 0.1) is 11.2 Å². The minimum absolute atomic E-state index is 0.0581. The van der Waals surface area contributed by atoms with Crippen LogP contribution >= 0.6 is 11.6 Å². The van der Waals surface area contributed by atoms with E-state index < -0.39 is 16.9 Å². The predicted octanol–water partition coefficient (Wildman–Crippen LogP) is 5.69. The van der Waals surface area contributed by atoms with Crippen LogP contribution in [0.5, 0.6) is 0 Å². The van der Waals surface area contributed by atoms with Gasteiger partial charge in [-0.25, -0.2) is 4.98 Å². The summed E-state index contributed by atoms with van der Waals surface area (Å²) in [5, 5.41) is 2.78. The van der Waals surface area contributed by atoms with Crippen molar-refractivity contribution in [2.24, 2.45) is 0 Å². The second-order valence-corrected chi connectivity index (χ2v) is 9.13. The van der Waals surface area contributed by atoms with Crippen LogP contribution < -0.4 is 5.32 Å². The lowest BCUT2D eigenvalue weighted by Gasteiger charge is -2.46. The number of nitrogens with one attached hydrogen (secondary N) is 1. The second kappa shape index (κ2) is 9.04. The lowest BCUT2D eigenvalue weighted by molar-refractivity contribution is -0.137. The molecule has 1 aliphatic carbocycles. The molecule has 0 amide bonds. The van der Waals surface area contributed by atoms with Crippen molar-refractivity contribution in [2.75, 3.05) is 13.2 Å². The number of alkyl halides is 3. The van der Waals surface area contributed by atoms with Crippen molar-refractivity contribution in [2.45, 2.75) is 68.7 Å². The van der Waals surface area contributed by atoms with Gasteiger partial charge in [0.2, 0.25) is 0 Å². The van der Waals surface area contributed by atoms with Crippen LogP contribution in [0.25, 0.3) is 0 Å². The Bertz CT molecular complexity index is 887. The first-order chi connectivity index (χ1) is 14.8. The molecule has 2 aromatic heterocycles. The zero-order valence-electron chi connectivity index (χ0n) is 17.3. The normalized spacial score (nSPS) is 23.4. The number of hydrogen-bond acceptors (Lipinski definition) is 4. The molecule has 2 fully saturated rings. The van der Waals surface area contributed by atoms with E-state index >= 15 is 0 Å². The quantitative estimate of drug-likeness (QED) is 0.451. The van der Waals surface area contributed by atoms with Gasteiger partial charge in [0.15, 0.2) is 0 Å². The third-order valence-electron chi connectivity index (χ3n) is 6.68. The number of hydrogen-bond donors (Lipinski definition) is 1. The Balaban J connectivity index is 1.44. The van der Waals surface area contributed by atoms with Crippen molar-refractivity contribution in [3.05, 3.63) is 58.6 Å². The van der Waals surface area contributed by atoms with Gasteiger partial charge in [0.25, 0.3) is 0 Å². The molecule has 0 unspecified atom stereocenters. The highest BCUT2D eigenvalue weighted by molar-refractivity contribution is 6.30. The maximum atomic E-state index is 13.1. The molecule has 1 N–H and O–H groups in total. The van der Waals surface area contributed by atoms with Gasteiger partial charge in [-0.3, -0.25) is 4.98 Å². The first-order valence-corrected chi connectivity index (χ1v) is 11.2. The zero-order chi connectivity index (χ0) is 22.0. The van der Waals surface area contributed by atoms with Crippen LogP contribution in [0.2, 0.25) is 5.15 Å². The first kappa shape index (κ1) is 22.5. The highest BCUT2D eigenvalue weighted by Crippen LogP contribution is 2.49. The Labute approximate surface area is 185 Å². The lowest BCUT2D eigenvalue weighted by atomic mass is 9.68. The highest BCUT2D eigenvalue weighted by Gasteiger charge is 2.48. The number of ether oxygens (including phenoxy) is 1. The minimum Gasteiger partial charge on any atom is -0.375 e. The molecule has 2 aliphatic rings. The monoisotopic (exact) mass is 453 g/mol. The molecule has 1 saturated heterocycles. The van der Waals surface area contributed by atoms with Crippen LogP contribution in [0.3, 0.4) is 0 Å². The van der Waals surface area contributed by atoms with Crippen molar-refractivity contribution >= 4 is 11.6 Å². The van der Waals surface area contributed by atoms with Crippen LogP contribution in [-0.2, 0) is 22.9 Å². The summed E-state index contributed by atoms with van der Waals surface area (Å²) in [6, 6.07) is 7.10. The van der Waals surface area contributed by atoms with E-state index in [4.69, 9.17) is 16.3 Å². The maximum Gasteiger partial charge on any atom is 0.419 e. The van der Waals surface area contributed by atoms with E-state index in [1.54, 1.807) is 0 Å². The van der Waals surface area contributed by atoms with E-state index in [-0.39, 0.29) is 11.0 Å². The molecular weight excluding hydrogens is 427 g/mol. The molecule has 168 valence electrons. The molecule has 2 aromatic rings. The van der Waals surface area contributed by atoms with Crippen molar-refractivity contribution in [1.29, 1.82) is 0 Å². The fourth-order valence-electron chi connectivity index (χ4n) is 5.14. The Hall–Kier alpha value is -1.70. The average molecular weight is 454 g/mol. The second-order valence-electron chi connectivity index (χ2n) is 8.77. The summed E-state index contributed by atoms with van der Waals surface area (Å²) in [7, 11) is 0. The number of nitrogens with zero attached hydrogens (tertiary/aromatic N) is 2. The van der Waals surface area contributed by atoms with Crippen LogP contribution in [0.1, 0.15) is 61.8 Å². The Morgan fingerprint density at radius 1 is 1.13 bits per heavy atom. The molecular formula is C23H27ClF3N3O. The molecule has 0 bridgehead atoms. The summed E-state index contributed by atoms with van der Waals surface area (Å²) >= 11 is 5.62. The third kappa shape index (κ3) is 5.04. The molecule has 1 aliphatic heterocycles. The van der Waals surface area contributed by atoms with Gasteiger partial charge in [-0.05, 0) is 62.4 Å². The van der Waals surface area contributed by atoms with E-state index in [0.29, 0.717) is 25.3 Å². The molecule has 1 saturated carbocycles. The smallest absolute Gasteiger partial charge is 0.375 e. The van der Waals surface area contributed by atoms with Crippen molar-refractivity contribution in [3.8, 4) is 0 Å². The van der Waals surface area contributed by atoms with Crippen LogP contribution in [-0.4, -0.2) is 28.7 Å². The molecule has 0 aromatic carbocycles. The summed E-state index contributed by atoms with van der Waals surface area (Å²) in [6.07, 6.45) is 5.97. The van der Waals surface area contributed by atoms with Gasteiger partial charge in [-0.1, -0.05) is 30.5 Å². The van der Waals surface area contributed by atoms with Crippen molar-refractivity contribution < 1.29 is 17.9 Å². The van der Waals surface area contributed by atoms with Crippen LogP contribution in [0.4, 0.5) is 13.2 Å². The SMILES string of the molecule is FC(F)(F)c1cc(CNCC[C@@]2(c3ccccn3)CCOC3(CCCC3)C2)cnc1Cl. The van der Waals surface area contributed by atoms with Crippen LogP contribution in [0.15, 0.2) is 36.7 Å². The molecule has 0 radical (unpaired) electrons. The molecule has 8 heteroatoms. The Kier molecular flexibility index (Phi) is 6.56. The molecule has 1 spiro atoms. The van der Waals surface area contributed by atoms with Gasteiger partial charge in [0, 0.05) is 36.7 Å². The van der Waals surface area contributed by atoms with Gasteiger partial charge in [-0.2, -0.15) is 13.2 Å². The summed E-state index contributed by atoms with van der Waals surface area (Å²) in [4.78, 5) is 8.38. The zero-order valence-corrected chi connectivity index (χ0v) is 18.1. The average Bonchev–Trinajstić information content (AvgIpc) is 3.19. The van der Waals surface area contributed by atoms with E-state index in [1.807, 2.05) is 18.3 Å². The van der Waals surface area contributed by atoms with Crippen molar-refractivity contribution in [3.63, 3.8) is 0 Å². The fraction of sp³-hybridized carbons (Fsp3) is 0.565. The van der Waals surface area contributed by atoms with E-state index in [1.165, 1.54) is 19.0 Å². The predicted molar refractivity (Wildman–Crippen MR) is 113 cm³/mol. The Morgan fingerprint density at radius 3 is 2.65 bits per heavy atom. The Morgan fingerprint density at radius 2 is 1.94 bits per heavy atom. The molecule has 3 heterocycles. The summed E-state index contributed by atoms with van der Waals surface area (Å²) in [6.45, 7) is 1.68. The molecule has 4 rings (SSSR count). The number of pyridine rings is 2. The minimum atomic E-state index is -4.51. The number of aromatic nitrogens is 2.